The molecule has 1 aliphatic rings. The van der Waals surface area contributed by atoms with Gasteiger partial charge in [-0.25, -0.2) is 4.39 Å². The average molecular weight is 469 g/mol. The second-order valence-corrected chi connectivity index (χ2v) is 8.35. The quantitative estimate of drug-likeness (QED) is 0.601. The molecule has 0 atom stereocenters. The number of hydrogen-bond donors (Lipinski definition) is 1. The van der Waals surface area contributed by atoms with Gasteiger partial charge >= 0.3 is 0 Å². The second-order valence-electron chi connectivity index (χ2n) is 7.43. The molecule has 2 aromatic heterocycles. The summed E-state index contributed by atoms with van der Waals surface area (Å²) < 4.78 is 14.4. The Morgan fingerprint density at radius 2 is 1.93 bits per heavy atom. The highest BCUT2D eigenvalue weighted by Gasteiger charge is 2.21. The lowest BCUT2D eigenvalue weighted by Crippen LogP contribution is -2.44. The zero-order valence-electron chi connectivity index (χ0n) is 16.4. The van der Waals surface area contributed by atoms with Crippen molar-refractivity contribution in [3.63, 3.8) is 0 Å². The number of amides is 1. The van der Waals surface area contributed by atoms with Gasteiger partial charge in [-0.05, 0) is 65.2 Å². The Morgan fingerprint density at radius 3 is 2.60 bits per heavy atom. The van der Waals surface area contributed by atoms with Gasteiger partial charge in [0.1, 0.15) is 5.82 Å². The first-order chi connectivity index (χ1) is 14.6. The van der Waals surface area contributed by atoms with Crippen molar-refractivity contribution in [1.82, 2.24) is 20.2 Å². The van der Waals surface area contributed by atoms with Crippen molar-refractivity contribution in [3.05, 3.63) is 82.5 Å². The van der Waals surface area contributed by atoms with Crippen molar-refractivity contribution in [3.8, 4) is 11.3 Å². The number of carbonyl (C=O) groups excluding carboxylic acids is 1. The summed E-state index contributed by atoms with van der Waals surface area (Å²) in [5.74, 6) is -0.431. The Hall–Kier alpha value is -2.64. The number of rotatable bonds is 5. The molecule has 0 radical (unpaired) electrons. The van der Waals surface area contributed by atoms with Crippen LogP contribution in [0.5, 0.6) is 0 Å². The minimum Gasteiger partial charge on any atom is -0.349 e. The molecule has 0 unspecified atom stereocenters. The van der Waals surface area contributed by atoms with E-state index in [1.165, 1.54) is 12.1 Å². The van der Waals surface area contributed by atoms with Crippen molar-refractivity contribution < 1.29 is 9.18 Å². The highest BCUT2D eigenvalue weighted by Crippen LogP contribution is 2.19. The van der Waals surface area contributed by atoms with E-state index in [9.17, 15) is 9.18 Å². The summed E-state index contributed by atoms with van der Waals surface area (Å²) in [5.41, 5.74) is 2.89. The minimum atomic E-state index is -0.307. The standard InChI is InChI=1S/C23H22BrFN4O/c24-18-5-6-21(26-14-18)15-29-10-8-20(9-11-29)28-23(30)17-4-7-22(27-13-17)16-2-1-3-19(25)12-16/h1-7,12-14,20H,8-11,15H2,(H,28,30). The summed E-state index contributed by atoms with van der Waals surface area (Å²) in [5, 5.41) is 3.11. The number of pyridine rings is 2. The van der Waals surface area contributed by atoms with Gasteiger partial charge in [0.25, 0.3) is 5.91 Å². The van der Waals surface area contributed by atoms with Gasteiger partial charge in [-0.15, -0.1) is 0 Å². The molecule has 1 aliphatic heterocycles. The van der Waals surface area contributed by atoms with Crippen molar-refractivity contribution in [1.29, 1.82) is 0 Å². The molecule has 1 aromatic carbocycles. The molecule has 1 amide bonds. The fraction of sp³-hybridized carbons (Fsp3) is 0.261. The molecule has 0 aliphatic carbocycles. The third-order valence-electron chi connectivity index (χ3n) is 5.24. The van der Waals surface area contributed by atoms with Crippen LogP contribution < -0.4 is 5.32 Å². The van der Waals surface area contributed by atoms with Crippen LogP contribution in [0.15, 0.2) is 65.4 Å². The van der Waals surface area contributed by atoms with E-state index < -0.39 is 0 Å². The van der Waals surface area contributed by atoms with Crippen LogP contribution in [-0.2, 0) is 6.54 Å². The van der Waals surface area contributed by atoms with Gasteiger partial charge in [0.05, 0.1) is 17.0 Å². The first-order valence-corrected chi connectivity index (χ1v) is 10.7. The molecule has 0 saturated carbocycles. The number of likely N-dealkylation sites (tertiary alicyclic amines) is 1. The maximum Gasteiger partial charge on any atom is 0.253 e. The summed E-state index contributed by atoms with van der Waals surface area (Å²) in [6.45, 7) is 2.65. The molecule has 154 valence electrons. The summed E-state index contributed by atoms with van der Waals surface area (Å²) in [4.78, 5) is 23.7. The first-order valence-electron chi connectivity index (χ1n) is 9.92. The van der Waals surface area contributed by atoms with Gasteiger partial charge in [0, 0.05) is 48.1 Å². The van der Waals surface area contributed by atoms with Crippen molar-refractivity contribution >= 4 is 21.8 Å². The lowest BCUT2D eigenvalue weighted by molar-refractivity contribution is 0.0908. The van der Waals surface area contributed by atoms with Gasteiger partial charge in [0.2, 0.25) is 0 Å². The molecule has 5 nitrogen and oxygen atoms in total. The van der Waals surface area contributed by atoms with Crippen molar-refractivity contribution in [2.75, 3.05) is 13.1 Å². The van der Waals surface area contributed by atoms with Gasteiger partial charge in [-0.2, -0.15) is 0 Å². The maximum absolute atomic E-state index is 13.4. The number of aromatic nitrogens is 2. The zero-order valence-corrected chi connectivity index (χ0v) is 18.0. The maximum atomic E-state index is 13.4. The minimum absolute atomic E-state index is 0.124. The number of carbonyl (C=O) groups is 1. The van der Waals surface area contributed by atoms with Crippen LogP contribution in [0.25, 0.3) is 11.3 Å². The number of piperidine rings is 1. The van der Waals surface area contributed by atoms with E-state index in [1.807, 2.05) is 18.3 Å². The Morgan fingerprint density at radius 1 is 1.10 bits per heavy atom. The molecule has 4 rings (SSSR count). The van der Waals surface area contributed by atoms with E-state index >= 15 is 0 Å². The fourth-order valence-electron chi connectivity index (χ4n) is 3.58. The van der Waals surface area contributed by atoms with E-state index in [1.54, 1.807) is 30.5 Å². The molecule has 1 fully saturated rings. The first kappa shape index (κ1) is 20.6. The van der Waals surface area contributed by atoms with E-state index in [0.717, 1.165) is 42.6 Å². The molecular weight excluding hydrogens is 447 g/mol. The zero-order chi connectivity index (χ0) is 20.9. The lowest BCUT2D eigenvalue weighted by Gasteiger charge is -2.32. The van der Waals surface area contributed by atoms with Crippen LogP contribution in [-0.4, -0.2) is 39.9 Å². The summed E-state index contributed by atoms with van der Waals surface area (Å²) in [6.07, 6.45) is 5.16. The van der Waals surface area contributed by atoms with Crippen molar-refractivity contribution in [2.45, 2.75) is 25.4 Å². The Balaban J connectivity index is 1.29. The SMILES string of the molecule is O=C(NC1CCN(Cc2ccc(Br)cn2)CC1)c1ccc(-c2cccc(F)c2)nc1. The second kappa shape index (κ2) is 9.45. The van der Waals surface area contributed by atoms with Gasteiger partial charge in [0.15, 0.2) is 0 Å². The topological polar surface area (TPSA) is 58.1 Å². The van der Waals surface area contributed by atoms with Crippen LogP contribution in [0.3, 0.4) is 0 Å². The van der Waals surface area contributed by atoms with Crippen LogP contribution >= 0.6 is 15.9 Å². The predicted molar refractivity (Wildman–Crippen MR) is 117 cm³/mol. The van der Waals surface area contributed by atoms with Crippen LogP contribution in [0.4, 0.5) is 4.39 Å². The number of halogens is 2. The smallest absolute Gasteiger partial charge is 0.253 e. The lowest BCUT2D eigenvalue weighted by atomic mass is 10.0. The van der Waals surface area contributed by atoms with Gasteiger partial charge in [-0.1, -0.05) is 12.1 Å². The highest BCUT2D eigenvalue weighted by molar-refractivity contribution is 9.10. The van der Waals surface area contributed by atoms with E-state index in [2.05, 4.69) is 36.1 Å². The van der Waals surface area contributed by atoms with E-state index in [0.29, 0.717) is 16.8 Å². The molecule has 1 N–H and O–H groups in total. The fourth-order valence-corrected chi connectivity index (χ4v) is 3.81. The molecular formula is C23H22BrFN4O. The monoisotopic (exact) mass is 468 g/mol. The third kappa shape index (κ3) is 5.29. The Bertz CT molecular complexity index is 1000. The Kier molecular flexibility index (Phi) is 6.50. The number of nitrogens with zero attached hydrogens (tertiary/aromatic N) is 3. The number of nitrogens with one attached hydrogen (secondary N) is 1. The van der Waals surface area contributed by atoms with Crippen molar-refractivity contribution in [2.24, 2.45) is 0 Å². The van der Waals surface area contributed by atoms with Gasteiger partial charge in [-0.3, -0.25) is 19.7 Å². The average Bonchev–Trinajstić information content (AvgIpc) is 2.77. The Labute approximate surface area is 183 Å². The van der Waals surface area contributed by atoms with E-state index in [4.69, 9.17) is 0 Å². The van der Waals surface area contributed by atoms with Crippen LogP contribution in [0, 0.1) is 5.82 Å². The largest absolute Gasteiger partial charge is 0.349 e. The molecule has 7 heteroatoms. The molecule has 0 spiro atoms. The van der Waals surface area contributed by atoms with E-state index in [-0.39, 0.29) is 17.8 Å². The number of benzene rings is 1. The number of hydrogen-bond acceptors (Lipinski definition) is 4. The third-order valence-corrected chi connectivity index (χ3v) is 5.71. The molecule has 1 saturated heterocycles. The summed E-state index contributed by atoms with van der Waals surface area (Å²) in [7, 11) is 0. The van der Waals surface area contributed by atoms with Crippen LogP contribution in [0.2, 0.25) is 0 Å². The summed E-state index contributed by atoms with van der Waals surface area (Å²) in [6, 6.07) is 13.9. The molecule has 3 aromatic rings. The molecule has 0 bridgehead atoms. The normalized spacial score (nSPS) is 15.1. The predicted octanol–water partition coefficient (Wildman–Crippen LogP) is 4.44. The van der Waals surface area contributed by atoms with Gasteiger partial charge < -0.3 is 5.32 Å². The molecule has 30 heavy (non-hydrogen) atoms. The highest BCUT2D eigenvalue weighted by atomic mass is 79.9. The van der Waals surface area contributed by atoms with Crippen LogP contribution in [0.1, 0.15) is 28.9 Å². The molecule has 3 heterocycles. The summed E-state index contributed by atoms with van der Waals surface area (Å²) >= 11 is 3.40.